The van der Waals surface area contributed by atoms with E-state index in [4.69, 9.17) is 25.8 Å². The highest BCUT2D eigenvalue weighted by Crippen LogP contribution is 2.37. The average molecular weight is 407 g/mol. The van der Waals surface area contributed by atoms with Gasteiger partial charge in [0.25, 0.3) is 0 Å². The van der Waals surface area contributed by atoms with E-state index in [-0.39, 0.29) is 12.7 Å². The molecule has 0 radical (unpaired) electrons. The van der Waals surface area contributed by atoms with Crippen LogP contribution in [-0.4, -0.2) is 47.2 Å². The molecule has 1 unspecified atom stereocenters. The molecule has 8 nitrogen and oxygen atoms in total. The van der Waals surface area contributed by atoms with Crippen molar-refractivity contribution in [3.8, 4) is 5.75 Å². The number of benzene rings is 1. The minimum absolute atomic E-state index is 0.0721. The molecule has 0 fully saturated rings. The van der Waals surface area contributed by atoms with Crippen LogP contribution in [0.15, 0.2) is 35.8 Å². The van der Waals surface area contributed by atoms with Gasteiger partial charge in [-0.25, -0.2) is 9.48 Å². The molecule has 1 aromatic carbocycles. The van der Waals surface area contributed by atoms with Crippen LogP contribution in [0.3, 0.4) is 0 Å². The molecule has 0 bridgehead atoms. The van der Waals surface area contributed by atoms with Crippen molar-refractivity contribution in [1.82, 2.24) is 14.8 Å². The number of carbonyl (C=O) groups excluding carboxylic acids is 1. The quantitative estimate of drug-likeness (QED) is 0.558. The molecular weight excluding hydrogens is 384 g/mol. The number of hydrogen-bond donors (Lipinski definition) is 1. The van der Waals surface area contributed by atoms with Crippen LogP contribution in [0, 0.1) is 0 Å². The zero-order chi connectivity index (χ0) is 20.3. The van der Waals surface area contributed by atoms with Gasteiger partial charge in [-0.3, -0.25) is 0 Å². The van der Waals surface area contributed by atoms with Crippen LogP contribution >= 0.6 is 11.6 Å². The first-order valence-electron chi connectivity index (χ1n) is 8.91. The molecule has 28 heavy (non-hydrogen) atoms. The van der Waals surface area contributed by atoms with Gasteiger partial charge in [0.05, 0.1) is 30.4 Å². The Bertz CT molecular complexity index is 894. The maximum Gasteiger partial charge on any atom is 0.338 e. The highest BCUT2D eigenvalue weighted by atomic mass is 35.5. The van der Waals surface area contributed by atoms with Crippen molar-refractivity contribution in [2.75, 3.05) is 25.6 Å². The minimum atomic E-state index is -0.527. The maximum atomic E-state index is 12.9. The van der Waals surface area contributed by atoms with Crippen molar-refractivity contribution in [2.24, 2.45) is 0 Å². The molecule has 3 rings (SSSR count). The van der Waals surface area contributed by atoms with Gasteiger partial charge < -0.3 is 19.5 Å². The van der Waals surface area contributed by atoms with Gasteiger partial charge in [-0.2, -0.15) is 10.1 Å². The molecule has 150 valence electrons. The van der Waals surface area contributed by atoms with E-state index in [1.165, 1.54) is 6.33 Å². The molecule has 1 atom stereocenters. The first-order chi connectivity index (χ1) is 13.4. The van der Waals surface area contributed by atoms with E-state index in [2.05, 4.69) is 15.4 Å². The Hall–Kier alpha value is -2.58. The second-order valence-corrected chi connectivity index (χ2v) is 6.95. The topological polar surface area (TPSA) is 87.5 Å². The Morgan fingerprint density at radius 1 is 1.36 bits per heavy atom. The number of halogens is 1. The first-order valence-corrected chi connectivity index (χ1v) is 9.29. The molecule has 2 heterocycles. The van der Waals surface area contributed by atoms with Crippen LogP contribution in [0.4, 0.5) is 5.95 Å². The van der Waals surface area contributed by atoms with Gasteiger partial charge in [0.1, 0.15) is 24.7 Å². The van der Waals surface area contributed by atoms with Crippen molar-refractivity contribution in [1.29, 1.82) is 0 Å². The first kappa shape index (κ1) is 20.2. The summed E-state index contributed by atoms with van der Waals surface area (Å²) in [6, 6.07) is 4.82. The van der Waals surface area contributed by atoms with Crippen molar-refractivity contribution >= 4 is 23.5 Å². The Labute approximate surface area is 168 Å². The van der Waals surface area contributed by atoms with E-state index < -0.39 is 12.0 Å². The lowest BCUT2D eigenvalue weighted by molar-refractivity contribution is -0.141. The smallest absolute Gasteiger partial charge is 0.338 e. The zero-order valence-corrected chi connectivity index (χ0v) is 17.0. The third kappa shape index (κ3) is 4.13. The van der Waals surface area contributed by atoms with Crippen LogP contribution in [0.2, 0.25) is 5.02 Å². The number of methoxy groups -OCH3 is 1. The lowest BCUT2D eigenvalue weighted by Gasteiger charge is -2.28. The summed E-state index contributed by atoms with van der Waals surface area (Å²) in [4.78, 5) is 17.1. The molecule has 1 N–H and O–H groups in total. The molecule has 9 heteroatoms. The lowest BCUT2D eigenvalue weighted by Crippen LogP contribution is -2.30. The van der Waals surface area contributed by atoms with Crippen molar-refractivity contribution in [2.45, 2.75) is 32.9 Å². The number of aromatic nitrogens is 3. The largest absolute Gasteiger partial charge is 0.495 e. The lowest BCUT2D eigenvalue weighted by atomic mass is 9.95. The summed E-state index contributed by atoms with van der Waals surface area (Å²) in [5.74, 6) is 0.637. The average Bonchev–Trinajstić information content (AvgIpc) is 3.11. The van der Waals surface area contributed by atoms with Gasteiger partial charge in [-0.05, 0) is 38.5 Å². The molecular formula is C19H23ClN4O4. The minimum Gasteiger partial charge on any atom is -0.495 e. The number of hydrogen-bond acceptors (Lipinski definition) is 7. The third-order valence-electron chi connectivity index (χ3n) is 4.27. The number of anilines is 1. The van der Waals surface area contributed by atoms with Crippen LogP contribution in [-0.2, 0) is 14.3 Å². The molecule has 2 aromatic rings. The normalized spacial score (nSPS) is 16.0. The monoisotopic (exact) mass is 406 g/mol. The molecule has 0 amide bonds. The van der Waals surface area contributed by atoms with Gasteiger partial charge in [0.2, 0.25) is 5.95 Å². The second-order valence-electron chi connectivity index (χ2n) is 6.54. The van der Waals surface area contributed by atoms with Gasteiger partial charge >= 0.3 is 5.97 Å². The SMILES string of the molecule is COc1ccc(C2C(C(=O)OCCOC(C)C)=C(C)Nc3ncnn32)cc1Cl. The van der Waals surface area contributed by atoms with Crippen molar-refractivity contribution < 1.29 is 19.0 Å². The number of ether oxygens (including phenoxy) is 3. The van der Waals surface area contributed by atoms with E-state index in [0.29, 0.717) is 34.6 Å². The molecule has 0 spiro atoms. The number of carbonyl (C=O) groups is 1. The van der Waals surface area contributed by atoms with Gasteiger partial charge in [-0.1, -0.05) is 17.7 Å². The summed E-state index contributed by atoms with van der Waals surface area (Å²) in [5, 5.41) is 7.81. The summed E-state index contributed by atoms with van der Waals surface area (Å²) in [6.07, 6.45) is 1.50. The number of allylic oxidation sites excluding steroid dienone is 1. The van der Waals surface area contributed by atoms with Gasteiger partial charge in [-0.15, -0.1) is 0 Å². The third-order valence-corrected chi connectivity index (χ3v) is 4.57. The van der Waals surface area contributed by atoms with Crippen LogP contribution in [0.1, 0.15) is 32.4 Å². The summed E-state index contributed by atoms with van der Waals surface area (Å²) in [5.41, 5.74) is 1.85. The van der Waals surface area contributed by atoms with E-state index in [9.17, 15) is 4.79 Å². The van der Waals surface area contributed by atoms with Gasteiger partial charge in [0, 0.05) is 5.70 Å². The number of rotatable bonds is 7. The predicted octanol–water partition coefficient (Wildman–Crippen LogP) is 3.20. The highest BCUT2D eigenvalue weighted by molar-refractivity contribution is 6.32. The predicted molar refractivity (Wildman–Crippen MR) is 105 cm³/mol. The Morgan fingerprint density at radius 2 is 2.14 bits per heavy atom. The second kappa shape index (κ2) is 8.62. The maximum absolute atomic E-state index is 12.9. The van der Waals surface area contributed by atoms with Crippen molar-refractivity contribution in [3.05, 3.63) is 46.4 Å². The van der Waals surface area contributed by atoms with Gasteiger partial charge in [0.15, 0.2) is 0 Å². The molecule has 1 aliphatic heterocycles. The Kier molecular flexibility index (Phi) is 6.21. The van der Waals surface area contributed by atoms with E-state index in [0.717, 1.165) is 5.56 Å². The number of esters is 1. The number of nitrogens with one attached hydrogen (secondary N) is 1. The summed E-state index contributed by atoms with van der Waals surface area (Å²) in [7, 11) is 1.55. The highest BCUT2D eigenvalue weighted by Gasteiger charge is 2.34. The number of fused-ring (bicyclic) bond motifs is 1. The standard InChI is InChI=1S/C19H23ClN4O4/c1-11(2)27-7-8-28-18(25)16-12(3)23-19-21-10-22-24(19)17(16)13-5-6-15(26-4)14(20)9-13/h5-6,9-11,17H,7-8H2,1-4H3,(H,21,22,23). The molecule has 1 aliphatic rings. The summed E-state index contributed by atoms with van der Waals surface area (Å²) >= 11 is 6.31. The van der Waals surface area contributed by atoms with Crippen LogP contribution < -0.4 is 10.1 Å². The molecule has 0 saturated carbocycles. The van der Waals surface area contributed by atoms with E-state index in [1.807, 2.05) is 19.9 Å². The van der Waals surface area contributed by atoms with E-state index >= 15 is 0 Å². The number of nitrogens with zero attached hydrogens (tertiary/aromatic N) is 3. The molecule has 0 saturated heterocycles. The fraction of sp³-hybridized carbons (Fsp3) is 0.421. The molecule has 1 aromatic heterocycles. The molecule has 0 aliphatic carbocycles. The van der Waals surface area contributed by atoms with Crippen LogP contribution in [0.5, 0.6) is 5.75 Å². The fourth-order valence-corrected chi connectivity index (χ4v) is 3.28. The van der Waals surface area contributed by atoms with E-state index in [1.54, 1.807) is 30.8 Å². The summed E-state index contributed by atoms with van der Waals surface area (Å²) in [6.45, 7) is 6.15. The Balaban J connectivity index is 1.92. The Morgan fingerprint density at radius 3 is 2.82 bits per heavy atom. The fourth-order valence-electron chi connectivity index (χ4n) is 3.01. The van der Waals surface area contributed by atoms with Crippen molar-refractivity contribution in [3.63, 3.8) is 0 Å². The van der Waals surface area contributed by atoms with Crippen LogP contribution in [0.25, 0.3) is 0 Å². The zero-order valence-electron chi connectivity index (χ0n) is 16.2. The summed E-state index contributed by atoms with van der Waals surface area (Å²) < 4.78 is 17.7.